The molecule has 0 aliphatic heterocycles. The maximum atomic E-state index is 12.1. The average Bonchev–Trinajstić information content (AvgIpc) is 2.62. The molecule has 0 bridgehead atoms. The van der Waals surface area contributed by atoms with E-state index in [2.05, 4.69) is 10.6 Å². The van der Waals surface area contributed by atoms with Crippen molar-refractivity contribution < 1.29 is 28.6 Å². The van der Waals surface area contributed by atoms with Crippen molar-refractivity contribution in [2.75, 3.05) is 27.4 Å². The van der Waals surface area contributed by atoms with Crippen LogP contribution in [0, 0.1) is 0 Å². The lowest BCUT2D eigenvalue weighted by Gasteiger charge is -2.14. The third-order valence-corrected chi connectivity index (χ3v) is 3.28. The molecule has 1 aromatic rings. The van der Waals surface area contributed by atoms with Crippen LogP contribution in [-0.2, 0) is 14.3 Å². The molecule has 1 aromatic carbocycles. The molecule has 0 unspecified atom stereocenters. The standard InChI is InChI=1S/C17H24N2O6/c1-5-9-18-16(21)11(2)19-14(20)10-25-17(22)12-7-6-8-13(23-3)15(12)24-4/h6-8,11H,5,9-10H2,1-4H3,(H,18,21)(H,19,20)/t11-/m1/s1. The van der Waals surface area contributed by atoms with Crippen LogP contribution < -0.4 is 20.1 Å². The fraction of sp³-hybridized carbons (Fsp3) is 0.471. The van der Waals surface area contributed by atoms with Gasteiger partial charge in [-0.3, -0.25) is 9.59 Å². The summed E-state index contributed by atoms with van der Waals surface area (Å²) in [6, 6.07) is 4.03. The quantitative estimate of drug-likeness (QED) is 0.640. The van der Waals surface area contributed by atoms with E-state index in [0.717, 1.165) is 6.42 Å². The van der Waals surface area contributed by atoms with Crippen LogP contribution >= 0.6 is 0 Å². The van der Waals surface area contributed by atoms with Crippen molar-refractivity contribution in [2.24, 2.45) is 0 Å². The van der Waals surface area contributed by atoms with E-state index in [9.17, 15) is 14.4 Å². The van der Waals surface area contributed by atoms with E-state index in [1.165, 1.54) is 20.3 Å². The topological polar surface area (TPSA) is 103 Å². The fourth-order valence-electron chi connectivity index (χ4n) is 2.01. The number of hydrogen-bond donors (Lipinski definition) is 2. The Bertz CT molecular complexity index is 617. The van der Waals surface area contributed by atoms with Crippen molar-refractivity contribution >= 4 is 17.8 Å². The Hall–Kier alpha value is -2.77. The van der Waals surface area contributed by atoms with Crippen LogP contribution in [0.15, 0.2) is 18.2 Å². The van der Waals surface area contributed by atoms with Crippen LogP contribution in [0.3, 0.4) is 0 Å². The summed E-state index contributed by atoms with van der Waals surface area (Å²) in [5, 5.41) is 5.13. The van der Waals surface area contributed by atoms with Gasteiger partial charge in [-0.1, -0.05) is 13.0 Å². The van der Waals surface area contributed by atoms with Crippen molar-refractivity contribution in [3.63, 3.8) is 0 Å². The minimum atomic E-state index is -0.728. The fourth-order valence-corrected chi connectivity index (χ4v) is 2.01. The SMILES string of the molecule is CCCNC(=O)[C@@H](C)NC(=O)COC(=O)c1cccc(OC)c1OC. The van der Waals surface area contributed by atoms with Gasteiger partial charge in [-0.05, 0) is 25.5 Å². The summed E-state index contributed by atoms with van der Waals surface area (Å²) in [5.74, 6) is -0.996. The number of methoxy groups -OCH3 is 2. The summed E-state index contributed by atoms with van der Waals surface area (Å²) >= 11 is 0. The summed E-state index contributed by atoms with van der Waals surface area (Å²) in [7, 11) is 2.85. The second kappa shape index (κ2) is 10.2. The molecule has 2 amide bonds. The minimum Gasteiger partial charge on any atom is -0.493 e. The van der Waals surface area contributed by atoms with E-state index in [4.69, 9.17) is 14.2 Å². The molecule has 0 aliphatic rings. The molecule has 8 nitrogen and oxygen atoms in total. The van der Waals surface area contributed by atoms with E-state index in [0.29, 0.717) is 12.3 Å². The second-order valence-electron chi connectivity index (χ2n) is 5.20. The van der Waals surface area contributed by atoms with Gasteiger partial charge in [-0.2, -0.15) is 0 Å². The molecule has 0 aromatic heterocycles. The molecule has 0 fully saturated rings. The molecule has 1 atom stereocenters. The monoisotopic (exact) mass is 352 g/mol. The van der Waals surface area contributed by atoms with Gasteiger partial charge in [0, 0.05) is 6.54 Å². The van der Waals surface area contributed by atoms with Crippen molar-refractivity contribution in [3.8, 4) is 11.5 Å². The van der Waals surface area contributed by atoms with Gasteiger partial charge < -0.3 is 24.8 Å². The van der Waals surface area contributed by atoms with Gasteiger partial charge in [0.15, 0.2) is 18.1 Å². The number of para-hydroxylation sites is 1. The molecule has 25 heavy (non-hydrogen) atoms. The summed E-state index contributed by atoms with van der Waals surface area (Å²) in [5.41, 5.74) is 0.142. The number of nitrogens with one attached hydrogen (secondary N) is 2. The minimum absolute atomic E-state index is 0.142. The zero-order chi connectivity index (χ0) is 18.8. The highest BCUT2D eigenvalue weighted by molar-refractivity contribution is 5.95. The Balaban J connectivity index is 2.59. The highest BCUT2D eigenvalue weighted by Crippen LogP contribution is 2.30. The summed E-state index contributed by atoms with van der Waals surface area (Å²) < 4.78 is 15.2. The lowest BCUT2D eigenvalue weighted by atomic mass is 10.2. The van der Waals surface area contributed by atoms with E-state index >= 15 is 0 Å². The molecule has 0 saturated carbocycles. The first-order chi connectivity index (χ1) is 11.9. The van der Waals surface area contributed by atoms with Gasteiger partial charge in [0.25, 0.3) is 5.91 Å². The molecule has 138 valence electrons. The maximum Gasteiger partial charge on any atom is 0.342 e. The Labute approximate surface area is 146 Å². The van der Waals surface area contributed by atoms with E-state index < -0.39 is 24.5 Å². The molecule has 2 N–H and O–H groups in total. The zero-order valence-corrected chi connectivity index (χ0v) is 14.9. The number of rotatable bonds is 9. The third-order valence-electron chi connectivity index (χ3n) is 3.28. The lowest BCUT2D eigenvalue weighted by Crippen LogP contribution is -2.46. The van der Waals surface area contributed by atoms with Crippen LogP contribution in [-0.4, -0.2) is 51.2 Å². The Morgan fingerprint density at radius 3 is 2.48 bits per heavy atom. The van der Waals surface area contributed by atoms with Crippen LogP contribution in [0.1, 0.15) is 30.6 Å². The third kappa shape index (κ3) is 5.98. The lowest BCUT2D eigenvalue weighted by molar-refractivity contribution is -0.130. The maximum absolute atomic E-state index is 12.1. The Morgan fingerprint density at radius 1 is 1.16 bits per heavy atom. The van der Waals surface area contributed by atoms with Crippen molar-refractivity contribution in [3.05, 3.63) is 23.8 Å². The molecular weight excluding hydrogens is 328 g/mol. The molecule has 0 spiro atoms. The number of hydrogen-bond acceptors (Lipinski definition) is 6. The van der Waals surface area contributed by atoms with Gasteiger partial charge >= 0.3 is 5.97 Å². The van der Waals surface area contributed by atoms with Crippen molar-refractivity contribution in [1.29, 1.82) is 0 Å². The first-order valence-electron chi connectivity index (χ1n) is 7.89. The van der Waals surface area contributed by atoms with Gasteiger partial charge in [-0.15, -0.1) is 0 Å². The predicted molar refractivity (Wildman–Crippen MR) is 90.7 cm³/mol. The van der Waals surface area contributed by atoms with E-state index in [-0.39, 0.29) is 17.2 Å². The summed E-state index contributed by atoms with van der Waals surface area (Å²) in [6.45, 7) is 3.50. The molecule has 0 heterocycles. The highest BCUT2D eigenvalue weighted by atomic mass is 16.5. The summed E-state index contributed by atoms with van der Waals surface area (Å²) in [6.07, 6.45) is 0.798. The number of amides is 2. The van der Waals surface area contributed by atoms with Crippen LogP contribution in [0.4, 0.5) is 0 Å². The molecular formula is C17H24N2O6. The number of ether oxygens (including phenoxy) is 3. The normalized spacial score (nSPS) is 11.2. The largest absolute Gasteiger partial charge is 0.493 e. The van der Waals surface area contributed by atoms with Crippen molar-refractivity contribution in [1.82, 2.24) is 10.6 Å². The molecule has 0 aliphatic carbocycles. The first kappa shape index (κ1) is 20.3. The van der Waals surface area contributed by atoms with Gasteiger partial charge in [0.05, 0.1) is 14.2 Å². The molecule has 0 radical (unpaired) electrons. The van der Waals surface area contributed by atoms with Gasteiger partial charge in [0.1, 0.15) is 11.6 Å². The molecule has 8 heteroatoms. The average molecular weight is 352 g/mol. The Kier molecular flexibility index (Phi) is 8.25. The van der Waals surface area contributed by atoms with Crippen LogP contribution in [0.25, 0.3) is 0 Å². The van der Waals surface area contributed by atoms with E-state index in [1.807, 2.05) is 6.92 Å². The smallest absolute Gasteiger partial charge is 0.342 e. The Morgan fingerprint density at radius 2 is 1.88 bits per heavy atom. The van der Waals surface area contributed by atoms with Gasteiger partial charge in [-0.25, -0.2) is 4.79 Å². The number of carbonyl (C=O) groups excluding carboxylic acids is 3. The first-order valence-corrected chi connectivity index (χ1v) is 7.89. The number of esters is 1. The zero-order valence-electron chi connectivity index (χ0n) is 14.9. The van der Waals surface area contributed by atoms with Crippen molar-refractivity contribution in [2.45, 2.75) is 26.3 Å². The molecule has 1 rings (SSSR count). The highest BCUT2D eigenvalue weighted by Gasteiger charge is 2.20. The van der Waals surface area contributed by atoms with Crippen LogP contribution in [0.5, 0.6) is 11.5 Å². The second-order valence-corrected chi connectivity index (χ2v) is 5.20. The predicted octanol–water partition coefficient (Wildman–Crippen LogP) is 0.892. The summed E-state index contributed by atoms with van der Waals surface area (Å²) in [4.78, 5) is 35.6. The van der Waals surface area contributed by atoms with Crippen LogP contribution in [0.2, 0.25) is 0 Å². The number of carbonyl (C=O) groups is 3. The van der Waals surface area contributed by atoms with E-state index in [1.54, 1.807) is 19.1 Å². The molecule has 0 saturated heterocycles. The van der Waals surface area contributed by atoms with Gasteiger partial charge in [0.2, 0.25) is 5.91 Å². The number of benzene rings is 1.